The number of urea groups is 1. The van der Waals surface area contributed by atoms with E-state index in [-0.39, 0.29) is 11.9 Å². The summed E-state index contributed by atoms with van der Waals surface area (Å²) in [6.45, 7) is 1.96. The smallest absolute Gasteiger partial charge is 0.321 e. The van der Waals surface area contributed by atoms with Crippen LogP contribution in [0.2, 0.25) is 10.0 Å². The molecule has 1 saturated heterocycles. The first kappa shape index (κ1) is 17.6. The SMILES string of the molecule is O=C(Nc1ccc(Cl)cc1)N1CCN(C(=O)c2ccc(Cl)cc2)CC1. The van der Waals surface area contributed by atoms with Gasteiger partial charge in [0.2, 0.25) is 0 Å². The molecule has 0 saturated carbocycles. The Hall–Kier alpha value is -2.24. The van der Waals surface area contributed by atoms with E-state index in [1.807, 2.05) is 0 Å². The molecule has 0 atom stereocenters. The van der Waals surface area contributed by atoms with E-state index in [4.69, 9.17) is 23.2 Å². The number of rotatable bonds is 2. The Kier molecular flexibility index (Phi) is 5.46. The summed E-state index contributed by atoms with van der Waals surface area (Å²) in [6.07, 6.45) is 0. The summed E-state index contributed by atoms with van der Waals surface area (Å²) in [5.74, 6) is -0.0468. The van der Waals surface area contributed by atoms with Gasteiger partial charge in [-0.2, -0.15) is 0 Å². The molecule has 130 valence electrons. The third-order valence-electron chi connectivity index (χ3n) is 4.04. The van der Waals surface area contributed by atoms with E-state index >= 15 is 0 Å². The van der Waals surface area contributed by atoms with Gasteiger partial charge < -0.3 is 15.1 Å². The summed E-state index contributed by atoms with van der Waals surface area (Å²) >= 11 is 11.7. The predicted molar refractivity (Wildman–Crippen MR) is 99.4 cm³/mol. The van der Waals surface area contributed by atoms with Gasteiger partial charge in [0.15, 0.2) is 0 Å². The topological polar surface area (TPSA) is 52.7 Å². The Labute approximate surface area is 156 Å². The number of carbonyl (C=O) groups is 2. The first-order valence-corrected chi connectivity index (χ1v) is 8.65. The maximum absolute atomic E-state index is 12.5. The average molecular weight is 378 g/mol. The third-order valence-corrected chi connectivity index (χ3v) is 4.54. The number of piperazine rings is 1. The molecule has 0 aromatic heterocycles. The minimum absolute atomic E-state index is 0.0468. The van der Waals surface area contributed by atoms with Crippen molar-refractivity contribution in [3.05, 3.63) is 64.1 Å². The molecular formula is C18H17Cl2N3O2. The molecule has 1 N–H and O–H groups in total. The molecule has 7 heteroatoms. The van der Waals surface area contributed by atoms with Crippen molar-refractivity contribution in [1.29, 1.82) is 0 Å². The van der Waals surface area contributed by atoms with Crippen LogP contribution in [0, 0.1) is 0 Å². The van der Waals surface area contributed by atoms with Gasteiger partial charge >= 0.3 is 6.03 Å². The van der Waals surface area contributed by atoms with Crippen molar-refractivity contribution in [2.75, 3.05) is 31.5 Å². The maximum Gasteiger partial charge on any atom is 0.321 e. The highest BCUT2D eigenvalue weighted by Gasteiger charge is 2.24. The van der Waals surface area contributed by atoms with Gasteiger partial charge in [0.1, 0.15) is 0 Å². The van der Waals surface area contributed by atoms with Gasteiger partial charge in [-0.3, -0.25) is 4.79 Å². The molecule has 1 aliphatic heterocycles. The van der Waals surface area contributed by atoms with Crippen molar-refractivity contribution >= 4 is 40.8 Å². The molecule has 3 amide bonds. The number of hydrogen-bond acceptors (Lipinski definition) is 2. The Bertz CT molecular complexity index is 755. The van der Waals surface area contributed by atoms with E-state index in [1.54, 1.807) is 58.3 Å². The summed E-state index contributed by atoms with van der Waals surface area (Å²) in [4.78, 5) is 28.2. The molecule has 5 nitrogen and oxygen atoms in total. The lowest BCUT2D eigenvalue weighted by Crippen LogP contribution is -2.51. The zero-order chi connectivity index (χ0) is 17.8. The van der Waals surface area contributed by atoms with Gasteiger partial charge in [0, 0.05) is 47.5 Å². The van der Waals surface area contributed by atoms with Gasteiger partial charge in [-0.05, 0) is 48.5 Å². The average Bonchev–Trinajstić information content (AvgIpc) is 2.64. The van der Waals surface area contributed by atoms with Crippen LogP contribution >= 0.6 is 23.2 Å². The van der Waals surface area contributed by atoms with Crippen molar-refractivity contribution in [1.82, 2.24) is 9.80 Å². The first-order chi connectivity index (χ1) is 12.0. The molecule has 0 unspecified atom stereocenters. The Morgan fingerprint density at radius 3 is 1.80 bits per heavy atom. The molecule has 2 aromatic rings. The summed E-state index contributed by atoms with van der Waals surface area (Å²) in [5, 5.41) is 4.05. The second-order valence-electron chi connectivity index (χ2n) is 5.72. The monoisotopic (exact) mass is 377 g/mol. The minimum Gasteiger partial charge on any atom is -0.335 e. The van der Waals surface area contributed by atoms with Crippen LogP contribution in [0.1, 0.15) is 10.4 Å². The lowest BCUT2D eigenvalue weighted by molar-refractivity contribution is 0.0671. The van der Waals surface area contributed by atoms with E-state index in [9.17, 15) is 9.59 Å². The fraction of sp³-hybridized carbons (Fsp3) is 0.222. The van der Waals surface area contributed by atoms with Crippen molar-refractivity contribution < 1.29 is 9.59 Å². The first-order valence-electron chi connectivity index (χ1n) is 7.89. The summed E-state index contributed by atoms with van der Waals surface area (Å²) in [5.41, 5.74) is 1.29. The van der Waals surface area contributed by atoms with Crippen molar-refractivity contribution in [2.24, 2.45) is 0 Å². The van der Waals surface area contributed by atoms with Gasteiger partial charge in [-0.25, -0.2) is 4.79 Å². The Morgan fingerprint density at radius 1 is 0.760 bits per heavy atom. The van der Waals surface area contributed by atoms with Crippen LogP contribution in [0.25, 0.3) is 0 Å². The largest absolute Gasteiger partial charge is 0.335 e. The Morgan fingerprint density at radius 2 is 1.24 bits per heavy atom. The standard InChI is InChI=1S/C18H17Cl2N3O2/c19-14-3-1-13(2-4-14)17(24)22-9-11-23(12-10-22)18(25)21-16-7-5-15(20)6-8-16/h1-8H,9-12H2,(H,21,25). The van der Waals surface area contributed by atoms with Gasteiger partial charge in [0.25, 0.3) is 5.91 Å². The number of anilines is 1. The maximum atomic E-state index is 12.5. The molecule has 0 radical (unpaired) electrons. The van der Waals surface area contributed by atoms with Crippen molar-refractivity contribution in [3.63, 3.8) is 0 Å². The highest BCUT2D eigenvalue weighted by atomic mass is 35.5. The zero-order valence-electron chi connectivity index (χ0n) is 13.4. The van der Waals surface area contributed by atoms with Gasteiger partial charge in [-0.15, -0.1) is 0 Å². The molecule has 0 bridgehead atoms. The normalized spacial score (nSPS) is 14.3. The second-order valence-corrected chi connectivity index (χ2v) is 6.60. The van der Waals surface area contributed by atoms with E-state index < -0.39 is 0 Å². The van der Waals surface area contributed by atoms with Gasteiger partial charge in [0.05, 0.1) is 0 Å². The third kappa shape index (κ3) is 4.44. The van der Waals surface area contributed by atoms with Gasteiger partial charge in [-0.1, -0.05) is 23.2 Å². The molecule has 25 heavy (non-hydrogen) atoms. The van der Waals surface area contributed by atoms with E-state index in [1.165, 1.54) is 0 Å². The zero-order valence-corrected chi connectivity index (χ0v) is 14.9. The van der Waals surface area contributed by atoms with Crippen LogP contribution in [0.15, 0.2) is 48.5 Å². The lowest BCUT2D eigenvalue weighted by Gasteiger charge is -2.34. The molecule has 3 rings (SSSR count). The fourth-order valence-electron chi connectivity index (χ4n) is 2.62. The van der Waals surface area contributed by atoms with E-state index in [0.717, 1.165) is 0 Å². The summed E-state index contributed by atoms with van der Waals surface area (Å²) in [6, 6.07) is 13.6. The lowest BCUT2D eigenvalue weighted by atomic mass is 10.2. The number of carbonyl (C=O) groups excluding carboxylic acids is 2. The van der Waals surface area contributed by atoms with Crippen LogP contribution in [0.4, 0.5) is 10.5 Å². The molecule has 1 aliphatic rings. The predicted octanol–water partition coefficient (Wildman–Crippen LogP) is 3.98. The second kappa shape index (κ2) is 7.76. The number of halogens is 2. The molecule has 2 aromatic carbocycles. The Balaban J connectivity index is 1.54. The molecule has 1 heterocycles. The van der Waals surface area contributed by atoms with Crippen LogP contribution in [0.5, 0.6) is 0 Å². The highest BCUT2D eigenvalue weighted by molar-refractivity contribution is 6.31. The quantitative estimate of drug-likeness (QED) is 0.860. The number of benzene rings is 2. The van der Waals surface area contributed by atoms with Crippen molar-refractivity contribution in [2.45, 2.75) is 0 Å². The fourth-order valence-corrected chi connectivity index (χ4v) is 2.88. The highest BCUT2D eigenvalue weighted by Crippen LogP contribution is 2.16. The van der Waals surface area contributed by atoms with Crippen molar-refractivity contribution in [3.8, 4) is 0 Å². The summed E-state index contributed by atoms with van der Waals surface area (Å²) in [7, 11) is 0. The van der Waals surface area contributed by atoms with Crippen LogP contribution in [0.3, 0.4) is 0 Å². The number of amides is 3. The number of nitrogens with one attached hydrogen (secondary N) is 1. The summed E-state index contributed by atoms with van der Waals surface area (Å²) < 4.78 is 0. The minimum atomic E-state index is -0.180. The van der Waals surface area contributed by atoms with Crippen LogP contribution in [-0.4, -0.2) is 47.9 Å². The van der Waals surface area contributed by atoms with E-state index in [2.05, 4.69) is 5.32 Å². The van der Waals surface area contributed by atoms with Crippen LogP contribution < -0.4 is 5.32 Å². The van der Waals surface area contributed by atoms with E-state index in [0.29, 0.717) is 47.5 Å². The van der Waals surface area contributed by atoms with Crippen LogP contribution in [-0.2, 0) is 0 Å². The number of hydrogen-bond donors (Lipinski definition) is 1. The molecular weight excluding hydrogens is 361 g/mol. The number of nitrogens with zero attached hydrogens (tertiary/aromatic N) is 2. The molecule has 1 fully saturated rings. The molecule has 0 aliphatic carbocycles. The molecule has 0 spiro atoms.